The van der Waals surface area contributed by atoms with E-state index >= 15 is 0 Å². The first-order chi connectivity index (χ1) is 6.84. The fraction of sp³-hybridized carbons (Fsp3) is 0.778. The van der Waals surface area contributed by atoms with Gasteiger partial charge in [0, 0.05) is 6.54 Å². The van der Waals surface area contributed by atoms with Gasteiger partial charge in [0.25, 0.3) is 0 Å². The van der Waals surface area contributed by atoms with Gasteiger partial charge in [-0.1, -0.05) is 0 Å². The summed E-state index contributed by atoms with van der Waals surface area (Å²) >= 11 is 5.63. The van der Waals surface area contributed by atoms with E-state index in [0.717, 1.165) is 25.6 Å². The zero-order valence-electron chi connectivity index (χ0n) is 8.12. The summed E-state index contributed by atoms with van der Waals surface area (Å²) in [7, 11) is 0. The Labute approximate surface area is 88.7 Å². The largest absolute Gasteiger partial charge is 0.317 e. The van der Waals surface area contributed by atoms with E-state index in [2.05, 4.69) is 15.4 Å². The average Bonchev–Trinajstić information content (AvgIpc) is 2.63. The minimum Gasteiger partial charge on any atom is -0.317 e. The minimum absolute atomic E-state index is 0.343. The van der Waals surface area contributed by atoms with Crippen LogP contribution in [0.25, 0.3) is 0 Å². The molecule has 0 saturated carbocycles. The van der Waals surface area contributed by atoms with Crippen LogP contribution in [-0.2, 0) is 6.54 Å². The molecular weight excluding hydrogens is 200 g/mol. The summed E-state index contributed by atoms with van der Waals surface area (Å²) in [5.41, 5.74) is 0. The molecule has 0 amide bonds. The number of piperidine rings is 1. The van der Waals surface area contributed by atoms with E-state index in [4.69, 9.17) is 11.6 Å². The normalized spacial score (nSPS) is 18.6. The minimum atomic E-state index is 0.343. The van der Waals surface area contributed by atoms with Crippen LogP contribution in [0.4, 0.5) is 0 Å². The van der Waals surface area contributed by atoms with Gasteiger partial charge in [0.2, 0.25) is 5.28 Å². The number of aryl methyl sites for hydroxylation is 1. The topological polar surface area (TPSA) is 42.7 Å². The Hall–Kier alpha value is -0.610. The van der Waals surface area contributed by atoms with Gasteiger partial charge in [0.15, 0.2) is 0 Å². The summed E-state index contributed by atoms with van der Waals surface area (Å²) in [4.78, 5) is 3.89. The van der Waals surface area contributed by atoms with Crippen molar-refractivity contribution < 1.29 is 0 Å². The van der Waals surface area contributed by atoms with E-state index in [9.17, 15) is 0 Å². The van der Waals surface area contributed by atoms with Crippen molar-refractivity contribution in [3.8, 4) is 0 Å². The van der Waals surface area contributed by atoms with Crippen molar-refractivity contribution in [1.82, 2.24) is 20.1 Å². The highest BCUT2D eigenvalue weighted by Crippen LogP contribution is 2.16. The molecule has 0 unspecified atom stereocenters. The Morgan fingerprint density at radius 2 is 2.29 bits per heavy atom. The van der Waals surface area contributed by atoms with Crippen molar-refractivity contribution in [2.45, 2.75) is 25.8 Å². The Bertz CT molecular complexity index is 280. The molecule has 0 aromatic carbocycles. The molecule has 1 saturated heterocycles. The van der Waals surface area contributed by atoms with Gasteiger partial charge in [-0.05, 0) is 49.9 Å². The molecule has 2 heterocycles. The van der Waals surface area contributed by atoms with Crippen LogP contribution in [0.3, 0.4) is 0 Å². The third-order valence-corrected chi connectivity index (χ3v) is 2.91. The van der Waals surface area contributed by atoms with E-state index in [1.165, 1.54) is 19.3 Å². The zero-order chi connectivity index (χ0) is 9.80. The van der Waals surface area contributed by atoms with Crippen LogP contribution < -0.4 is 5.32 Å². The summed E-state index contributed by atoms with van der Waals surface area (Å²) in [6.45, 7) is 3.25. The summed E-state index contributed by atoms with van der Waals surface area (Å²) in [5.74, 6) is 0.833. The Balaban J connectivity index is 1.76. The van der Waals surface area contributed by atoms with Gasteiger partial charge >= 0.3 is 0 Å². The highest BCUT2D eigenvalue weighted by atomic mass is 35.5. The number of hydrogen-bond donors (Lipinski definition) is 1. The van der Waals surface area contributed by atoms with Crippen LogP contribution in [0.1, 0.15) is 19.3 Å². The Morgan fingerprint density at radius 3 is 2.93 bits per heavy atom. The first-order valence-electron chi connectivity index (χ1n) is 5.10. The smallest absolute Gasteiger partial charge is 0.242 e. The fourth-order valence-electron chi connectivity index (χ4n) is 1.86. The lowest BCUT2D eigenvalue weighted by Gasteiger charge is -2.22. The molecule has 5 heteroatoms. The molecule has 0 aliphatic carbocycles. The Kier molecular flexibility index (Phi) is 3.37. The number of nitrogens with one attached hydrogen (secondary N) is 1. The molecule has 14 heavy (non-hydrogen) atoms. The summed E-state index contributed by atoms with van der Waals surface area (Å²) in [6.07, 6.45) is 5.44. The van der Waals surface area contributed by atoms with Gasteiger partial charge in [-0.2, -0.15) is 0 Å². The van der Waals surface area contributed by atoms with Crippen molar-refractivity contribution in [2.24, 2.45) is 5.92 Å². The molecule has 1 aromatic heterocycles. The lowest BCUT2D eigenvalue weighted by molar-refractivity contribution is 0.332. The molecule has 0 spiro atoms. The van der Waals surface area contributed by atoms with E-state index in [-0.39, 0.29) is 0 Å². The van der Waals surface area contributed by atoms with Crippen molar-refractivity contribution in [1.29, 1.82) is 0 Å². The van der Waals surface area contributed by atoms with Gasteiger partial charge in [0.1, 0.15) is 6.33 Å². The summed E-state index contributed by atoms with van der Waals surface area (Å²) in [6, 6.07) is 0. The van der Waals surface area contributed by atoms with Crippen molar-refractivity contribution in [3.63, 3.8) is 0 Å². The van der Waals surface area contributed by atoms with Crippen LogP contribution in [0, 0.1) is 5.92 Å². The van der Waals surface area contributed by atoms with Gasteiger partial charge < -0.3 is 5.32 Å². The van der Waals surface area contributed by atoms with E-state index in [1.807, 2.05) is 4.68 Å². The lowest BCUT2D eigenvalue weighted by Crippen LogP contribution is -2.28. The van der Waals surface area contributed by atoms with Crippen LogP contribution in [0.15, 0.2) is 6.33 Å². The maximum Gasteiger partial charge on any atom is 0.242 e. The van der Waals surface area contributed by atoms with Crippen LogP contribution >= 0.6 is 11.6 Å². The molecule has 1 aliphatic rings. The van der Waals surface area contributed by atoms with Gasteiger partial charge in [0.05, 0.1) is 0 Å². The zero-order valence-corrected chi connectivity index (χ0v) is 8.87. The lowest BCUT2D eigenvalue weighted by atomic mass is 9.95. The summed E-state index contributed by atoms with van der Waals surface area (Å²) < 4.78 is 1.82. The van der Waals surface area contributed by atoms with E-state index < -0.39 is 0 Å². The highest BCUT2D eigenvalue weighted by Gasteiger charge is 2.12. The highest BCUT2D eigenvalue weighted by molar-refractivity contribution is 6.28. The molecule has 0 bridgehead atoms. The maximum atomic E-state index is 5.63. The van der Waals surface area contributed by atoms with Crippen LogP contribution in [-0.4, -0.2) is 27.9 Å². The second kappa shape index (κ2) is 4.75. The first kappa shape index (κ1) is 9.93. The monoisotopic (exact) mass is 214 g/mol. The SMILES string of the molecule is Clc1ncn(CCC2CCNCC2)n1. The molecule has 0 atom stereocenters. The molecule has 2 rings (SSSR count). The quantitative estimate of drug-likeness (QED) is 0.826. The standard InChI is InChI=1S/C9H15ClN4/c10-9-12-7-14(13-9)6-3-8-1-4-11-5-2-8/h7-8,11H,1-6H2. The van der Waals surface area contributed by atoms with Gasteiger partial charge in [-0.15, -0.1) is 5.10 Å². The Morgan fingerprint density at radius 1 is 1.50 bits per heavy atom. The number of hydrogen-bond acceptors (Lipinski definition) is 3. The van der Waals surface area contributed by atoms with E-state index in [0.29, 0.717) is 5.28 Å². The predicted molar refractivity (Wildman–Crippen MR) is 55.2 cm³/mol. The van der Waals surface area contributed by atoms with Crippen molar-refractivity contribution in [2.75, 3.05) is 13.1 Å². The number of aromatic nitrogens is 3. The van der Waals surface area contributed by atoms with Gasteiger partial charge in [-0.3, -0.25) is 4.68 Å². The second-order valence-electron chi connectivity index (χ2n) is 3.76. The molecule has 78 valence electrons. The molecule has 0 radical (unpaired) electrons. The molecule has 1 aliphatic heterocycles. The van der Waals surface area contributed by atoms with Crippen LogP contribution in [0.2, 0.25) is 5.28 Å². The van der Waals surface area contributed by atoms with Crippen molar-refractivity contribution in [3.05, 3.63) is 11.6 Å². The fourth-order valence-corrected chi connectivity index (χ4v) is 2.01. The van der Waals surface area contributed by atoms with Gasteiger partial charge in [-0.25, -0.2) is 4.98 Å². The maximum absolute atomic E-state index is 5.63. The molecular formula is C9H15ClN4. The van der Waals surface area contributed by atoms with Crippen LogP contribution in [0.5, 0.6) is 0 Å². The molecule has 1 fully saturated rings. The molecule has 1 aromatic rings. The number of nitrogens with zero attached hydrogens (tertiary/aromatic N) is 3. The van der Waals surface area contributed by atoms with Crippen molar-refractivity contribution >= 4 is 11.6 Å². The summed E-state index contributed by atoms with van der Waals surface area (Å²) in [5, 5.41) is 7.75. The predicted octanol–water partition coefficient (Wildman–Crippen LogP) is 1.32. The van der Waals surface area contributed by atoms with E-state index in [1.54, 1.807) is 6.33 Å². The second-order valence-corrected chi connectivity index (χ2v) is 4.10. The number of rotatable bonds is 3. The average molecular weight is 215 g/mol. The number of halogens is 1. The molecule has 1 N–H and O–H groups in total. The molecule has 4 nitrogen and oxygen atoms in total. The third-order valence-electron chi connectivity index (χ3n) is 2.73. The first-order valence-corrected chi connectivity index (χ1v) is 5.48. The third kappa shape index (κ3) is 2.69.